The summed E-state index contributed by atoms with van der Waals surface area (Å²) in [6.45, 7) is 3.64. The average molecular weight is 514 g/mol. The van der Waals surface area contributed by atoms with Gasteiger partial charge >= 0.3 is 0 Å². The Morgan fingerprint density at radius 3 is 2.87 bits per heavy atom. The number of fused-ring (bicyclic) bond motifs is 1. The van der Waals surface area contributed by atoms with Crippen molar-refractivity contribution in [3.63, 3.8) is 0 Å². The summed E-state index contributed by atoms with van der Waals surface area (Å²) in [7, 11) is 3.81. The van der Waals surface area contributed by atoms with Gasteiger partial charge in [0.2, 0.25) is 0 Å². The molecule has 3 aromatic heterocycles. The molecular formula is C27H31N9O2. The molecule has 5 rings (SSSR count). The van der Waals surface area contributed by atoms with E-state index in [4.69, 9.17) is 14.9 Å². The van der Waals surface area contributed by atoms with E-state index in [0.29, 0.717) is 24.7 Å². The Morgan fingerprint density at radius 1 is 1.21 bits per heavy atom. The smallest absolute Gasteiger partial charge is 0.140 e. The Bertz CT molecular complexity index is 1420. The van der Waals surface area contributed by atoms with Crippen molar-refractivity contribution in [3.8, 4) is 17.1 Å². The van der Waals surface area contributed by atoms with Crippen molar-refractivity contribution in [2.24, 2.45) is 5.10 Å². The molecule has 11 heteroatoms. The molecule has 0 bridgehead atoms. The van der Waals surface area contributed by atoms with Crippen molar-refractivity contribution in [1.82, 2.24) is 29.7 Å². The van der Waals surface area contributed by atoms with Crippen LogP contribution in [0.25, 0.3) is 17.0 Å². The predicted octanol–water partition coefficient (Wildman–Crippen LogP) is 2.69. The Kier molecular flexibility index (Phi) is 7.86. The van der Waals surface area contributed by atoms with E-state index in [1.807, 2.05) is 53.1 Å². The zero-order valence-electron chi connectivity index (χ0n) is 21.5. The van der Waals surface area contributed by atoms with Crippen molar-refractivity contribution in [2.75, 3.05) is 45.7 Å². The van der Waals surface area contributed by atoms with Gasteiger partial charge in [-0.3, -0.25) is 4.40 Å². The Balaban J connectivity index is 1.24. The van der Waals surface area contributed by atoms with Gasteiger partial charge < -0.3 is 30.5 Å². The second kappa shape index (κ2) is 11.8. The highest BCUT2D eigenvalue weighted by atomic mass is 16.5. The molecule has 196 valence electrons. The molecular weight excluding hydrogens is 482 g/mol. The van der Waals surface area contributed by atoms with Crippen LogP contribution >= 0.6 is 0 Å². The van der Waals surface area contributed by atoms with Crippen molar-refractivity contribution < 1.29 is 9.47 Å². The van der Waals surface area contributed by atoms with E-state index in [-0.39, 0.29) is 6.10 Å². The number of likely N-dealkylation sites (N-methyl/N-ethyl adjacent to an activating group) is 1. The molecule has 1 fully saturated rings. The third-order valence-electron chi connectivity index (χ3n) is 6.28. The maximum absolute atomic E-state index is 7.51. The van der Waals surface area contributed by atoms with Gasteiger partial charge in [-0.15, -0.1) is 0 Å². The molecule has 1 atom stereocenters. The van der Waals surface area contributed by atoms with Crippen LogP contribution in [0.4, 0.5) is 5.82 Å². The molecule has 0 unspecified atom stereocenters. The first-order valence-electron chi connectivity index (χ1n) is 12.4. The van der Waals surface area contributed by atoms with Crippen molar-refractivity contribution in [2.45, 2.75) is 12.6 Å². The summed E-state index contributed by atoms with van der Waals surface area (Å²) in [5.74, 6) is 1.47. The van der Waals surface area contributed by atoms with E-state index in [9.17, 15) is 0 Å². The number of rotatable bonds is 10. The summed E-state index contributed by atoms with van der Waals surface area (Å²) in [6.07, 6.45) is 6.58. The molecule has 3 N–H and O–H groups in total. The highest BCUT2D eigenvalue weighted by molar-refractivity contribution is 6.37. The quantitative estimate of drug-likeness (QED) is 0.218. The lowest BCUT2D eigenvalue weighted by molar-refractivity contribution is -0.0403. The number of hydrogen-bond donors (Lipinski definition) is 3. The minimum absolute atomic E-state index is 0.0663. The zero-order valence-corrected chi connectivity index (χ0v) is 21.5. The molecule has 0 aliphatic carbocycles. The van der Waals surface area contributed by atoms with Crippen LogP contribution in [0.5, 0.6) is 5.75 Å². The maximum Gasteiger partial charge on any atom is 0.140 e. The van der Waals surface area contributed by atoms with Crippen LogP contribution in [-0.2, 0) is 11.3 Å². The number of aromatic nitrogens is 4. The molecule has 1 saturated heterocycles. The lowest BCUT2D eigenvalue weighted by atomic mass is 10.1. The topological polar surface area (TPSA) is 125 Å². The number of imidazole rings is 1. The fraction of sp³-hybridized carbons (Fsp3) is 0.296. The third kappa shape index (κ3) is 5.96. The van der Waals surface area contributed by atoms with Gasteiger partial charge in [0.05, 0.1) is 24.2 Å². The molecule has 0 spiro atoms. The van der Waals surface area contributed by atoms with E-state index in [1.165, 1.54) is 6.21 Å². The molecule has 1 aromatic carbocycles. The normalized spacial score (nSPS) is 16.4. The summed E-state index contributed by atoms with van der Waals surface area (Å²) >= 11 is 0. The van der Waals surface area contributed by atoms with Gasteiger partial charge in [0.25, 0.3) is 0 Å². The number of hydrazone groups is 1. The first kappa shape index (κ1) is 25.3. The van der Waals surface area contributed by atoms with Crippen LogP contribution in [0, 0.1) is 5.41 Å². The number of nitrogens with zero attached hydrogens (tertiary/aromatic N) is 6. The molecule has 4 heterocycles. The molecule has 0 amide bonds. The first-order chi connectivity index (χ1) is 18.6. The van der Waals surface area contributed by atoms with Crippen LogP contribution in [0.1, 0.15) is 11.1 Å². The molecule has 0 radical (unpaired) electrons. The molecule has 38 heavy (non-hydrogen) atoms. The van der Waals surface area contributed by atoms with E-state index < -0.39 is 0 Å². The van der Waals surface area contributed by atoms with Gasteiger partial charge in [0, 0.05) is 56.8 Å². The fourth-order valence-electron chi connectivity index (χ4n) is 4.28. The lowest BCUT2D eigenvalue weighted by Gasteiger charge is -2.29. The zero-order chi connectivity index (χ0) is 26.3. The van der Waals surface area contributed by atoms with E-state index >= 15 is 0 Å². The number of benzene rings is 1. The highest BCUT2D eigenvalue weighted by Gasteiger charge is 2.18. The molecule has 11 nitrogen and oxygen atoms in total. The minimum Gasteiger partial charge on any atom is -0.491 e. The highest BCUT2D eigenvalue weighted by Crippen LogP contribution is 2.23. The maximum atomic E-state index is 7.51. The number of ether oxygens (including phenoxy) is 2. The number of morpholine rings is 1. The average Bonchev–Trinajstić information content (AvgIpc) is 3.38. The second-order valence-electron chi connectivity index (χ2n) is 9.00. The van der Waals surface area contributed by atoms with Gasteiger partial charge in [-0.25, -0.2) is 15.0 Å². The lowest BCUT2D eigenvalue weighted by Crippen LogP contribution is -2.42. The van der Waals surface area contributed by atoms with Crippen LogP contribution in [-0.4, -0.2) is 82.7 Å². The largest absolute Gasteiger partial charge is 0.491 e. The summed E-state index contributed by atoms with van der Waals surface area (Å²) in [5.41, 5.74) is 7.65. The van der Waals surface area contributed by atoms with E-state index in [0.717, 1.165) is 53.6 Å². The van der Waals surface area contributed by atoms with Crippen molar-refractivity contribution in [3.05, 3.63) is 72.3 Å². The number of pyridine rings is 1. The Hall–Kier alpha value is -4.35. The van der Waals surface area contributed by atoms with Crippen LogP contribution in [0.3, 0.4) is 0 Å². The number of anilines is 1. The SMILES string of the molecule is CN/N=C(\C=N)c1ccc(CNc2cc(-c3cnc4cc(OC[C@@H]5CN(C)CCO5)ccn34)ncn2)cc1. The molecule has 1 aliphatic heterocycles. The Morgan fingerprint density at radius 2 is 2.08 bits per heavy atom. The van der Waals surface area contributed by atoms with Gasteiger partial charge in [-0.1, -0.05) is 24.3 Å². The molecule has 0 saturated carbocycles. The summed E-state index contributed by atoms with van der Waals surface area (Å²) in [5, 5.41) is 15.0. The summed E-state index contributed by atoms with van der Waals surface area (Å²) in [6, 6.07) is 13.7. The van der Waals surface area contributed by atoms with Crippen molar-refractivity contribution in [1.29, 1.82) is 5.41 Å². The number of nitrogens with one attached hydrogen (secondary N) is 3. The van der Waals surface area contributed by atoms with E-state index in [2.05, 4.69) is 42.7 Å². The van der Waals surface area contributed by atoms with Crippen LogP contribution in [0.15, 0.2) is 66.3 Å². The Labute approximate surface area is 221 Å². The van der Waals surface area contributed by atoms with Crippen LogP contribution < -0.4 is 15.5 Å². The van der Waals surface area contributed by atoms with E-state index in [1.54, 1.807) is 19.6 Å². The van der Waals surface area contributed by atoms with Crippen molar-refractivity contribution >= 4 is 23.4 Å². The molecule has 4 aromatic rings. The van der Waals surface area contributed by atoms with Gasteiger partial charge in [0.15, 0.2) is 0 Å². The molecule has 1 aliphatic rings. The summed E-state index contributed by atoms with van der Waals surface area (Å²) in [4.78, 5) is 15.6. The van der Waals surface area contributed by atoms with Crippen LogP contribution in [0.2, 0.25) is 0 Å². The fourth-order valence-corrected chi connectivity index (χ4v) is 4.28. The van der Waals surface area contributed by atoms with Gasteiger partial charge in [0.1, 0.15) is 42.0 Å². The third-order valence-corrected chi connectivity index (χ3v) is 6.28. The monoisotopic (exact) mass is 513 g/mol. The van der Waals surface area contributed by atoms with Gasteiger partial charge in [-0.05, 0) is 18.7 Å². The first-order valence-corrected chi connectivity index (χ1v) is 12.4. The standard InChI is InChI=1S/C27H31N9O2/c1-29-34-24(13-28)20-5-3-19(4-6-20)14-30-26-12-23(32-18-33-26)25-15-31-27-11-21(7-8-36(25)27)38-17-22-16-35(2)9-10-37-22/h3-8,11-13,15,18,22,28-29H,9-10,14,16-17H2,1-2H3,(H,30,32,33)/b28-13?,34-24+/t22-/m0/s1. The second-order valence-corrected chi connectivity index (χ2v) is 9.00. The number of hydrogen-bond acceptors (Lipinski definition) is 10. The predicted molar refractivity (Wildman–Crippen MR) is 147 cm³/mol. The van der Waals surface area contributed by atoms with Gasteiger partial charge in [-0.2, -0.15) is 5.10 Å². The minimum atomic E-state index is 0.0663. The summed E-state index contributed by atoms with van der Waals surface area (Å²) < 4.78 is 13.8.